The molecular formula is C13H15N3O2. The number of hydrogen-bond donors (Lipinski definition) is 2. The molecule has 0 aliphatic heterocycles. The molecule has 0 saturated heterocycles. The number of anilines is 1. The van der Waals surface area contributed by atoms with Gasteiger partial charge in [-0.2, -0.15) is 0 Å². The van der Waals surface area contributed by atoms with Gasteiger partial charge in [0.15, 0.2) is 5.76 Å². The van der Waals surface area contributed by atoms with Crippen LogP contribution in [0.3, 0.4) is 0 Å². The molecule has 94 valence electrons. The largest absolute Gasteiger partial charge is 0.455 e. The Morgan fingerprint density at radius 3 is 2.78 bits per heavy atom. The third-order valence-electron chi connectivity index (χ3n) is 2.43. The van der Waals surface area contributed by atoms with E-state index in [0.29, 0.717) is 11.6 Å². The average molecular weight is 245 g/mol. The molecule has 0 bridgehead atoms. The number of furan rings is 1. The molecular weight excluding hydrogens is 230 g/mol. The zero-order valence-electron chi connectivity index (χ0n) is 10.4. The molecule has 2 rings (SSSR count). The van der Waals surface area contributed by atoms with Crippen LogP contribution in [0.1, 0.15) is 27.6 Å². The second kappa shape index (κ2) is 5.01. The van der Waals surface area contributed by atoms with Gasteiger partial charge in [-0.05, 0) is 43.7 Å². The fourth-order valence-corrected chi connectivity index (χ4v) is 1.69. The first kappa shape index (κ1) is 12.3. The van der Waals surface area contributed by atoms with E-state index < -0.39 is 0 Å². The van der Waals surface area contributed by atoms with Crippen LogP contribution in [0.2, 0.25) is 0 Å². The molecule has 2 aromatic rings. The predicted molar refractivity (Wildman–Crippen MR) is 68.3 cm³/mol. The van der Waals surface area contributed by atoms with E-state index >= 15 is 0 Å². The van der Waals surface area contributed by atoms with Crippen LogP contribution in [-0.2, 0) is 6.54 Å². The lowest BCUT2D eigenvalue weighted by Crippen LogP contribution is -2.12. The van der Waals surface area contributed by atoms with Gasteiger partial charge in [-0.3, -0.25) is 4.79 Å². The number of nitrogens with zero attached hydrogens (tertiary/aromatic N) is 1. The maximum atomic E-state index is 11.9. The number of nitrogens with two attached hydrogens (primary N) is 1. The topological polar surface area (TPSA) is 81.2 Å². The Morgan fingerprint density at radius 1 is 1.39 bits per heavy atom. The summed E-state index contributed by atoms with van der Waals surface area (Å²) < 4.78 is 5.26. The van der Waals surface area contributed by atoms with Crippen molar-refractivity contribution in [1.82, 2.24) is 4.98 Å². The van der Waals surface area contributed by atoms with Crippen LogP contribution >= 0.6 is 0 Å². The van der Waals surface area contributed by atoms with Crippen LogP contribution in [-0.4, -0.2) is 10.9 Å². The number of aromatic nitrogens is 1. The van der Waals surface area contributed by atoms with Gasteiger partial charge in [-0.15, -0.1) is 0 Å². The highest BCUT2D eigenvalue weighted by Crippen LogP contribution is 2.12. The number of nitrogens with one attached hydrogen (secondary N) is 1. The Morgan fingerprint density at radius 2 is 2.17 bits per heavy atom. The van der Waals surface area contributed by atoms with Gasteiger partial charge in [0.25, 0.3) is 5.91 Å². The summed E-state index contributed by atoms with van der Waals surface area (Å²) in [5.41, 5.74) is 7.31. The van der Waals surface area contributed by atoms with E-state index in [0.717, 1.165) is 11.3 Å². The Kier molecular flexibility index (Phi) is 3.43. The molecule has 5 nitrogen and oxygen atoms in total. The Balaban J connectivity index is 2.15. The zero-order valence-corrected chi connectivity index (χ0v) is 10.4. The molecule has 2 aromatic heterocycles. The minimum absolute atomic E-state index is 0.233. The molecule has 0 aliphatic carbocycles. The average Bonchev–Trinajstić information content (AvgIpc) is 2.75. The smallest absolute Gasteiger partial charge is 0.292 e. The van der Waals surface area contributed by atoms with E-state index in [4.69, 9.17) is 10.2 Å². The highest BCUT2D eigenvalue weighted by Gasteiger charge is 2.11. The van der Waals surface area contributed by atoms with Crippen LogP contribution in [0.5, 0.6) is 0 Å². The third-order valence-corrected chi connectivity index (χ3v) is 2.43. The van der Waals surface area contributed by atoms with Crippen LogP contribution < -0.4 is 11.1 Å². The first-order valence-electron chi connectivity index (χ1n) is 5.64. The molecule has 0 saturated carbocycles. The van der Waals surface area contributed by atoms with Crippen LogP contribution in [0.15, 0.2) is 28.7 Å². The second-order valence-corrected chi connectivity index (χ2v) is 4.10. The van der Waals surface area contributed by atoms with E-state index in [1.54, 1.807) is 18.2 Å². The van der Waals surface area contributed by atoms with Crippen LogP contribution in [0, 0.1) is 13.8 Å². The van der Waals surface area contributed by atoms with Gasteiger partial charge < -0.3 is 15.5 Å². The molecule has 0 spiro atoms. The first-order chi connectivity index (χ1) is 8.58. The molecule has 3 N–H and O–H groups in total. The summed E-state index contributed by atoms with van der Waals surface area (Å²) in [6, 6.07) is 7.02. The van der Waals surface area contributed by atoms with Crippen molar-refractivity contribution in [3.63, 3.8) is 0 Å². The minimum atomic E-state index is -0.327. The van der Waals surface area contributed by atoms with Crippen LogP contribution in [0.4, 0.5) is 5.82 Å². The molecule has 0 radical (unpaired) electrons. The van der Waals surface area contributed by atoms with E-state index in [9.17, 15) is 4.79 Å². The normalized spacial score (nSPS) is 10.4. The van der Waals surface area contributed by atoms with Gasteiger partial charge in [-0.25, -0.2) is 4.98 Å². The molecule has 2 heterocycles. The van der Waals surface area contributed by atoms with E-state index in [2.05, 4.69) is 10.3 Å². The quantitative estimate of drug-likeness (QED) is 0.866. The van der Waals surface area contributed by atoms with E-state index in [-0.39, 0.29) is 18.2 Å². The standard InChI is InChI=1S/C13H15N3O2/c1-8-5-9(2)15-12(6-8)16-13(17)11-4-3-10(7-14)18-11/h3-6H,7,14H2,1-2H3,(H,15,16,17). The van der Waals surface area contributed by atoms with Crippen molar-refractivity contribution < 1.29 is 9.21 Å². The third kappa shape index (κ3) is 2.75. The van der Waals surface area contributed by atoms with Crippen molar-refractivity contribution in [2.75, 3.05) is 5.32 Å². The molecule has 18 heavy (non-hydrogen) atoms. The summed E-state index contributed by atoms with van der Waals surface area (Å²) in [6.07, 6.45) is 0. The molecule has 1 amide bonds. The van der Waals surface area contributed by atoms with E-state index in [1.807, 2.05) is 19.9 Å². The fourth-order valence-electron chi connectivity index (χ4n) is 1.69. The Hall–Kier alpha value is -2.14. The maximum absolute atomic E-state index is 11.9. The van der Waals surface area contributed by atoms with Crippen molar-refractivity contribution in [1.29, 1.82) is 0 Å². The number of aryl methyl sites for hydroxylation is 2. The number of carbonyl (C=O) groups is 1. The number of hydrogen-bond acceptors (Lipinski definition) is 4. The van der Waals surface area contributed by atoms with Crippen molar-refractivity contribution in [2.45, 2.75) is 20.4 Å². The van der Waals surface area contributed by atoms with Gasteiger partial charge in [0.1, 0.15) is 11.6 Å². The number of amides is 1. The number of rotatable bonds is 3. The van der Waals surface area contributed by atoms with Gasteiger partial charge in [0, 0.05) is 5.69 Å². The highest BCUT2D eigenvalue weighted by atomic mass is 16.4. The molecule has 0 atom stereocenters. The second-order valence-electron chi connectivity index (χ2n) is 4.10. The molecule has 0 aromatic carbocycles. The molecule has 5 heteroatoms. The minimum Gasteiger partial charge on any atom is -0.455 e. The summed E-state index contributed by atoms with van der Waals surface area (Å²) in [6.45, 7) is 4.10. The maximum Gasteiger partial charge on any atom is 0.292 e. The first-order valence-corrected chi connectivity index (χ1v) is 5.64. The van der Waals surface area contributed by atoms with Crippen molar-refractivity contribution >= 4 is 11.7 Å². The van der Waals surface area contributed by atoms with Gasteiger partial charge in [0.2, 0.25) is 0 Å². The lowest BCUT2D eigenvalue weighted by Gasteiger charge is -2.04. The predicted octanol–water partition coefficient (Wildman–Crippen LogP) is 2.00. The highest BCUT2D eigenvalue weighted by molar-refractivity contribution is 6.01. The summed E-state index contributed by atoms with van der Waals surface area (Å²) in [5, 5.41) is 2.69. The zero-order chi connectivity index (χ0) is 13.1. The Bertz CT molecular complexity index is 555. The summed E-state index contributed by atoms with van der Waals surface area (Å²) in [7, 11) is 0. The Labute approximate surface area is 105 Å². The van der Waals surface area contributed by atoms with Gasteiger partial charge in [0.05, 0.1) is 6.54 Å². The van der Waals surface area contributed by atoms with Gasteiger partial charge >= 0.3 is 0 Å². The fraction of sp³-hybridized carbons (Fsp3) is 0.231. The lowest BCUT2D eigenvalue weighted by molar-refractivity contribution is 0.0994. The summed E-state index contributed by atoms with van der Waals surface area (Å²) >= 11 is 0. The summed E-state index contributed by atoms with van der Waals surface area (Å²) in [4.78, 5) is 16.1. The van der Waals surface area contributed by atoms with Crippen LogP contribution in [0.25, 0.3) is 0 Å². The molecule has 0 aliphatic rings. The SMILES string of the molecule is Cc1cc(C)nc(NC(=O)c2ccc(CN)o2)c1. The lowest BCUT2D eigenvalue weighted by atomic mass is 10.2. The molecule has 0 fully saturated rings. The van der Waals surface area contributed by atoms with Gasteiger partial charge in [-0.1, -0.05) is 0 Å². The number of carbonyl (C=O) groups excluding carboxylic acids is 1. The van der Waals surface area contributed by atoms with E-state index in [1.165, 1.54) is 0 Å². The monoisotopic (exact) mass is 245 g/mol. The molecule has 0 unspecified atom stereocenters. The van der Waals surface area contributed by atoms with Crippen molar-refractivity contribution in [3.05, 3.63) is 47.0 Å². The van der Waals surface area contributed by atoms with Crippen molar-refractivity contribution in [3.8, 4) is 0 Å². The van der Waals surface area contributed by atoms with Crippen molar-refractivity contribution in [2.24, 2.45) is 5.73 Å². The summed E-state index contributed by atoms with van der Waals surface area (Å²) in [5.74, 6) is 1.00. The number of pyridine rings is 1.